The molecular weight excluding hydrogens is 300 g/mol. The zero-order valence-electron chi connectivity index (χ0n) is 10.9. The molecule has 0 aromatic rings. The molecule has 114 valence electrons. The molecule has 0 aromatic carbocycles. The number of carbonyl (C=O) groups excluding carboxylic acids is 2. The number of esters is 2. The van der Waals surface area contributed by atoms with Crippen molar-refractivity contribution in [2.24, 2.45) is 5.92 Å². The van der Waals surface area contributed by atoms with Crippen LogP contribution in [0.2, 0.25) is 0 Å². The van der Waals surface area contributed by atoms with Gasteiger partial charge in [0, 0.05) is 6.08 Å². The standard InChI is InChI=1S/C11H18O7S.Mg.2H/c1-4-6-9(8(3)18-10(12)5-2)11(13)17-7-19(14,15)16;;;/h5,8-9H,2,4,6-7H2,1,3H3,(H,14,15,16);;;. The number of hydrogen-bond acceptors (Lipinski definition) is 6. The van der Waals surface area contributed by atoms with Crippen LogP contribution in [0.4, 0.5) is 0 Å². The Balaban J connectivity index is 0. The van der Waals surface area contributed by atoms with E-state index in [0.29, 0.717) is 12.8 Å². The Kier molecular flexibility index (Phi) is 11.0. The minimum absolute atomic E-state index is 0. The molecule has 0 fully saturated rings. The quantitative estimate of drug-likeness (QED) is 0.290. The minimum Gasteiger partial charge on any atom is -0.459 e. The number of carbonyl (C=O) groups is 2. The average Bonchev–Trinajstić information content (AvgIpc) is 2.31. The molecule has 0 aliphatic heterocycles. The molecule has 0 rings (SSSR count). The Morgan fingerprint density at radius 2 is 1.95 bits per heavy atom. The van der Waals surface area contributed by atoms with Crippen molar-refractivity contribution in [3.63, 3.8) is 0 Å². The summed E-state index contributed by atoms with van der Waals surface area (Å²) >= 11 is 0. The summed E-state index contributed by atoms with van der Waals surface area (Å²) in [5.41, 5.74) is 0. The van der Waals surface area contributed by atoms with Crippen LogP contribution in [-0.4, -0.2) is 60.0 Å². The van der Waals surface area contributed by atoms with Crippen molar-refractivity contribution < 1.29 is 32.0 Å². The second-order valence-corrected chi connectivity index (χ2v) is 5.30. The van der Waals surface area contributed by atoms with Crippen LogP contribution >= 0.6 is 0 Å². The van der Waals surface area contributed by atoms with Gasteiger partial charge in [-0.2, -0.15) is 8.42 Å². The van der Waals surface area contributed by atoms with E-state index in [4.69, 9.17) is 9.29 Å². The van der Waals surface area contributed by atoms with E-state index in [9.17, 15) is 18.0 Å². The molecule has 0 spiro atoms. The van der Waals surface area contributed by atoms with Crippen LogP contribution in [0, 0.1) is 5.92 Å². The van der Waals surface area contributed by atoms with Crippen molar-refractivity contribution in [2.75, 3.05) is 5.94 Å². The van der Waals surface area contributed by atoms with Gasteiger partial charge in [0.1, 0.15) is 6.10 Å². The molecule has 0 aliphatic carbocycles. The Bertz CT molecular complexity index is 432. The Hall–Kier alpha value is -0.644. The molecule has 7 nitrogen and oxygen atoms in total. The van der Waals surface area contributed by atoms with Gasteiger partial charge in [0.05, 0.1) is 5.92 Å². The Morgan fingerprint density at radius 3 is 2.35 bits per heavy atom. The largest absolute Gasteiger partial charge is 0.459 e. The zero-order chi connectivity index (χ0) is 15.1. The van der Waals surface area contributed by atoms with E-state index < -0.39 is 40.0 Å². The average molecular weight is 321 g/mol. The first-order valence-corrected chi connectivity index (χ1v) is 7.27. The summed E-state index contributed by atoms with van der Waals surface area (Å²) in [5.74, 6) is -3.44. The van der Waals surface area contributed by atoms with Gasteiger partial charge in [-0.1, -0.05) is 19.9 Å². The summed E-state index contributed by atoms with van der Waals surface area (Å²) in [6.07, 6.45) is 1.15. The molecule has 1 N–H and O–H groups in total. The molecule has 0 saturated heterocycles. The van der Waals surface area contributed by atoms with Crippen LogP contribution in [0.5, 0.6) is 0 Å². The van der Waals surface area contributed by atoms with Crippen molar-refractivity contribution in [3.8, 4) is 0 Å². The van der Waals surface area contributed by atoms with Gasteiger partial charge in [-0.05, 0) is 13.3 Å². The monoisotopic (exact) mass is 320 g/mol. The highest BCUT2D eigenvalue weighted by Gasteiger charge is 2.29. The summed E-state index contributed by atoms with van der Waals surface area (Å²) < 4.78 is 38.8. The van der Waals surface area contributed by atoms with E-state index in [0.717, 1.165) is 6.08 Å². The lowest BCUT2D eigenvalue weighted by atomic mass is 9.98. The van der Waals surface area contributed by atoms with Gasteiger partial charge < -0.3 is 9.47 Å². The molecular formula is C11H20MgO7S. The second kappa shape index (κ2) is 10.1. The third kappa shape index (κ3) is 9.29. The highest BCUT2D eigenvalue weighted by Crippen LogP contribution is 2.17. The molecule has 20 heavy (non-hydrogen) atoms. The predicted molar refractivity (Wildman–Crippen MR) is 75.2 cm³/mol. The first-order valence-electron chi connectivity index (χ1n) is 5.66. The fraction of sp³-hybridized carbons (Fsp3) is 0.636. The third-order valence-electron chi connectivity index (χ3n) is 2.29. The van der Waals surface area contributed by atoms with Crippen molar-refractivity contribution in [1.82, 2.24) is 0 Å². The van der Waals surface area contributed by atoms with E-state index in [1.807, 2.05) is 6.92 Å². The van der Waals surface area contributed by atoms with Crippen molar-refractivity contribution in [3.05, 3.63) is 12.7 Å². The van der Waals surface area contributed by atoms with Gasteiger partial charge in [0.2, 0.25) is 5.94 Å². The highest BCUT2D eigenvalue weighted by molar-refractivity contribution is 7.85. The van der Waals surface area contributed by atoms with Crippen LogP contribution < -0.4 is 0 Å². The van der Waals surface area contributed by atoms with Gasteiger partial charge in [0.25, 0.3) is 0 Å². The lowest BCUT2D eigenvalue weighted by Crippen LogP contribution is -2.32. The van der Waals surface area contributed by atoms with Gasteiger partial charge in [0.15, 0.2) is 0 Å². The van der Waals surface area contributed by atoms with E-state index in [1.54, 1.807) is 0 Å². The summed E-state index contributed by atoms with van der Waals surface area (Å²) in [5, 5.41) is 0. The Morgan fingerprint density at radius 1 is 1.40 bits per heavy atom. The first-order chi connectivity index (χ1) is 8.71. The molecule has 2 unspecified atom stereocenters. The fourth-order valence-corrected chi connectivity index (χ4v) is 1.67. The summed E-state index contributed by atoms with van der Waals surface area (Å²) in [6.45, 7) is 6.54. The maximum atomic E-state index is 11.7. The zero-order valence-corrected chi connectivity index (χ0v) is 11.7. The van der Waals surface area contributed by atoms with Crippen LogP contribution in [0.1, 0.15) is 26.7 Å². The molecule has 0 amide bonds. The number of rotatable bonds is 8. The normalized spacial score (nSPS) is 13.6. The third-order valence-corrected chi connectivity index (χ3v) is 2.70. The van der Waals surface area contributed by atoms with E-state index in [-0.39, 0.29) is 23.1 Å². The maximum absolute atomic E-state index is 11.7. The number of hydrogen-bond donors (Lipinski definition) is 1. The van der Waals surface area contributed by atoms with Crippen molar-refractivity contribution in [1.29, 1.82) is 0 Å². The summed E-state index contributed by atoms with van der Waals surface area (Å²) in [7, 11) is -4.39. The maximum Gasteiger partial charge on any atom is 0.330 e. The van der Waals surface area contributed by atoms with Crippen LogP contribution in [-0.2, 0) is 29.2 Å². The summed E-state index contributed by atoms with van der Waals surface area (Å²) in [4.78, 5) is 22.7. The Labute approximate surface area is 134 Å². The van der Waals surface area contributed by atoms with Crippen LogP contribution in [0.25, 0.3) is 0 Å². The topological polar surface area (TPSA) is 107 Å². The lowest BCUT2D eigenvalue weighted by Gasteiger charge is -2.21. The number of ether oxygens (including phenoxy) is 2. The molecule has 0 radical (unpaired) electrons. The molecule has 2 atom stereocenters. The smallest absolute Gasteiger partial charge is 0.330 e. The van der Waals surface area contributed by atoms with E-state index >= 15 is 0 Å². The first kappa shape index (κ1) is 21.7. The van der Waals surface area contributed by atoms with Gasteiger partial charge in [-0.15, -0.1) is 0 Å². The SMILES string of the molecule is C=CC(=O)OC(C)C(CCC)C(=O)OCS(=O)(=O)O.[MgH2]. The molecule has 9 heteroatoms. The van der Waals surface area contributed by atoms with Crippen molar-refractivity contribution in [2.45, 2.75) is 32.8 Å². The molecule has 0 aromatic heterocycles. The highest BCUT2D eigenvalue weighted by atomic mass is 32.2. The van der Waals surface area contributed by atoms with Gasteiger partial charge >= 0.3 is 45.1 Å². The lowest BCUT2D eigenvalue weighted by molar-refractivity contribution is -0.157. The molecule has 0 saturated carbocycles. The predicted octanol–water partition coefficient (Wildman–Crippen LogP) is -0.00730. The summed E-state index contributed by atoms with van der Waals surface area (Å²) in [6, 6.07) is 0. The molecule has 0 aliphatic rings. The van der Waals surface area contributed by atoms with Crippen LogP contribution in [0.15, 0.2) is 12.7 Å². The van der Waals surface area contributed by atoms with Gasteiger partial charge in [-0.3, -0.25) is 9.35 Å². The van der Waals surface area contributed by atoms with Crippen LogP contribution in [0.3, 0.4) is 0 Å². The minimum atomic E-state index is -4.39. The molecule has 0 heterocycles. The molecule has 0 bridgehead atoms. The van der Waals surface area contributed by atoms with Crippen molar-refractivity contribution >= 4 is 45.1 Å². The van der Waals surface area contributed by atoms with Gasteiger partial charge in [-0.25, -0.2) is 4.79 Å². The van der Waals surface area contributed by atoms with E-state index in [2.05, 4.69) is 11.3 Å². The van der Waals surface area contributed by atoms with E-state index in [1.165, 1.54) is 6.92 Å². The fourth-order valence-electron chi connectivity index (χ4n) is 1.41. The second-order valence-electron chi connectivity index (χ2n) is 3.90.